The van der Waals surface area contributed by atoms with Crippen molar-refractivity contribution in [1.29, 1.82) is 0 Å². The molecule has 4 rings (SSSR count). The molecule has 0 unspecified atom stereocenters. The third-order valence-corrected chi connectivity index (χ3v) is 10.3. The molecule has 242 valence electrons. The number of sulfonamides is 1. The summed E-state index contributed by atoms with van der Waals surface area (Å²) in [4.78, 5) is 30.6. The Balaban J connectivity index is 1.82. The number of hydrogen-bond acceptors (Lipinski definition) is 6. The number of amides is 2. The van der Waals surface area contributed by atoms with Gasteiger partial charge in [-0.2, -0.15) is 0 Å². The number of benzene rings is 4. The zero-order chi connectivity index (χ0) is 33.1. The molecule has 1 atom stereocenters. The minimum absolute atomic E-state index is 0.0356. The lowest BCUT2D eigenvalue weighted by Crippen LogP contribution is -2.53. The van der Waals surface area contributed by atoms with E-state index >= 15 is 0 Å². The van der Waals surface area contributed by atoms with Crippen LogP contribution in [0, 0.1) is 0 Å². The average molecular weight is 725 g/mol. The van der Waals surface area contributed by atoms with E-state index in [1.807, 2.05) is 74.7 Å². The van der Waals surface area contributed by atoms with Gasteiger partial charge in [-0.15, -0.1) is 11.8 Å². The molecule has 0 fully saturated rings. The van der Waals surface area contributed by atoms with Crippen LogP contribution in [0.2, 0.25) is 0 Å². The minimum atomic E-state index is -4.25. The van der Waals surface area contributed by atoms with Crippen LogP contribution >= 0.6 is 27.7 Å². The number of carbonyl (C=O) groups is 2. The number of likely N-dealkylation sites (N-methyl/N-ethyl adjacent to an activating group) is 1. The predicted octanol–water partition coefficient (Wildman–Crippen LogP) is 6.54. The number of halogens is 1. The molecule has 0 spiro atoms. The van der Waals surface area contributed by atoms with Crippen LogP contribution in [0.25, 0.3) is 0 Å². The van der Waals surface area contributed by atoms with Crippen LogP contribution in [0.3, 0.4) is 0 Å². The summed E-state index contributed by atoms with van der Waals surface area (Å²) in [5.41, 5.74) is 1.89. The Kier molecular flexibility index (Phi) is 12.7. The lowest BCUT2D eigenvalue weighted by molar-refractivity contribution is -0.140. The zero-order valence-corrected chi connectivity index (χ0v) is 29.3. The Hall–Kier alpha value is -3.80. The summed E-state index contributed by atoms with van der Waals surface area (Å²) >= 11 is 4.96. The highest BCUT2D eigenvalue weighted by Crippen LogP contribution is 2.33. The molecule has 46 heavy (non-hydrogen) atoms. The maximum Gasteiger partial charge on any atom is 0.264 e. The van der Waals surface area contributed by atoms with Crippen LogP contribution in [0.4, 0.5) is 5.69 Å². The Bertz CT molecular complexity index is 1700. The van der Waals surface area contributed by atoms with Crippen LogP contribution in [-0.2, 0) is 32.6 Å². The Labute approximate surface area is 284 Å². The molecule has 1 N–H and O–H groups in total. The second kappa shape index (κ2) is 16.7. The molecule has 0 aliphatic carbocycles. The molecule has 4 aromatic rings. The minimum Gasteiger partial charge on any atom is -0.492 e. The van der Waals surface area contributed by atoms with Crippen molar-refractivity contribution in [2.75, 3.05) is 30.3 Å². The molecule has 0 radical (unpaired) electrons. The first-order valence-electron chi connectivity index (χ1n) is 14.9. The molecule has 11 heteroatoms. The number of nitrogens with one attached hydrogen (secondary N) is 1. The monoisotopic (exact) mass is 723 g/mol. The Morgan fingerprint density at radius 1 is 0.870 bits per heavy atom. The number of thioether (sulfide) groups is 1. The first kappa shape index (κ1) is 35.1. The summed E-state index contributed by atoms with van der Waals surface area (Å²) in [7, 11) is -4.25. The maximum atomic E-state index is 14.6. The maximum absolute atomic E-state index is 14.6. The van der Waals surface area contributed by atoms with Crippen molar-refractivity contribution in [2.45, 2.75) is 42.6 Å². The standard InChI is InChI=1S/C35H38BrN3O5S2/c1-4-37-35(41)32(23-26-11-7-6-8-12-26)38(24-27-15-17-28(36)18-16-27)34(40)25-39(31-13-9-10-14-33(31)44-5-2)46(42,43)30-21-19-29(45-3)20-22-30/h6-22,32H,4-5,23-25H2,1-3H3,(H,37,41)/t32-/m1/s1. The first-order chi connectivity index (χ1) is 22.2. The average Bonchev–Trinajstić information content (AvgIpc) is 3.07. The molecule has 0 aliphatic heterocycles. The van der Waals surface area contributed by atoms with Crippen LogP contribution in [-0.4, -0.2) is 57.1 Å². The molecular weight excluding hydrogens is 686 g/mol. The first-order valence-corrected chi connectivity index (χ1v) is 18.4. The summed E-state index contributed by atoms with van der Waals surface area (Å²) in [5, 5.41) is 2.88. The molecule has 0 saturated heterocycles. The fraction of sp³-hybridized carbons (Fsp3) is 0.257. The molecular formula is C35H38BrN3O5S2. The number of para-hydroxylation sites is 2. The molecule has 0 aromatic heterocycles. The summed E-state index contributed by atoms with van der Waals surface area (Å²) < 4.78 is 36.5. The lowest BCUT2D eigenvalue weighted by Gasteiger charge is -2.34. The zero-order valence-electron chi connectivity index (χ0n) is 26.1. The molecule has 2 amide bonds. The highest BCUT2D eigenvalue weighted by molar-refractivity contribution is 9.10. The summed E-state index contributed by atoms with van der Waals surface area (Å²) in [6.45, 7) is 3.83. The van der Waals surface area contributed by atoms with Gasteiger partial charge in [-0.05, 0) is 79.8 Å². The van der Waals surface area contributed by atoms with E-state index in [0.29, 0.717) is 18.9 Å². The fourth-order valence-corrected chi connectivity index (χ4v) is 7.06. The molecule has 8 nitrogen and oxygen atoms in total. The van der Waals surface area contributed by atoms with Crippen molar-refractivity contribution in [3.05, 3.63) is 119 Å². The Morgan fingerprint density at radius 3 is 2.15 bits per heavy atom. The van der Waals surface area contributed by atoms with E-state index in [9.17, 15) is 18.0 Å². The van der Waals surface area contributed by atoms with Crippen molar-refractivity contribution in [2.24, 2.45) is 0 Å². The number of anilines is 1. The molecule has 0 aliphatic rings. The van der Waals surface area contributed by atoms with Crippen molar-refractivity contribution in [3.63, 3.8) is 0 Å². The van der Waals surface area contributed by atoms with Gasteiger partial charge in [0.05, 0.1) is 17.2 Å². The third kappa shape index (κ3) is 8.92. The molecule has 0 saturated carbocycles. The van der Waals surface area contributed by atoms with Gasteiger partial charge in [0.2, 0.25) is 11.8 Å². The van der Waals surface area contributed by atoms with Crippen LogP contribution in [0.5, 0.6) is 5.75 Å². The molecule has 0 bridgehead atoms. The van der Waals surface area contributed by atoms with E-state index in [4.69, 9.17) is 4.74 Å². The third-order valence-electron chi connectivity index (χ3n) is 7.25. The van der Waals surface area contributed by atoms with Crippen molar-refractivity contribution in [1.82, 2.24) is 10.2 Å². The van der Waals surface area contributed by atoms with E-state index in [1.54, 1.807) is 36.4 Å². The van der Waals surface area contributed by atoms with Gasteiger partial charge in [-0.3, -0.25) is 13.9 Å². The van der Waals surface area contributed by atoms with Crippen LogP contribution < -0.4 is 14.4 Å². The summed E-state index contributed by atoms with van der Waals surface area (Å²) in [5.74, 6) is -0.537. The van der Waals surface area contributed by atoms with Gasteiger partial charge >= 0.3 is 0 Å². The predicted molar refractivity (Wildman–Crippen MR) is 188 cm³/mol. The number of nitrogens with zero attached hydrogens (tertiary/aromatic N) is 2. The van der Waals surface area contributed by atoms with Gasteiger partial charge in [0.15, 0.2) is 0 Å². The van der Waals surface area contributed by atoms with Gasteiger partial charge in [-0.1, -0.05) is 70.5 Å². The largest absolute Gasteiger partial charge is 0.492 e. The van der Waals surface area contributed by atoms with Crippen LogP contribution in [0.15, 0.2) is 117 Å². The van der Waals surface area contributed by atoms with Gasteiger partial charge < -0.3 is 15.0 Å². The van der Waals surface area contributed by atoms with E-state index in [0.717, 1.165) is 24.8 Å². The number of carbonyl (C=O) groups excluding carboxylic acids is 2. The smallest absolute Gasteiger partial charge is 0.264 e. The van der Waals surface area contributed by atoms with Crippen molar-refractivity contribution in [3.8, 4) is 5.75 Å². The van der Waals surface area contributed by atoms with Gasteiger partial charge in [-0.25, -0.2) is 8.42 Å². The molecule has 0 heterocycles. The second-order valence-corrected chi connectivity index (χ2v) is 14.0. The number of hydrogen-bond donors (Lipinski definition) is 1. The van der Waals surface area contributed by atoms with Gasteiger partial charge in [0, 0.05) is 28.9 Å². The topological polar surface area (TPSA) is 96.0 Å². The summed E-state index contributed by atoms with van der Waals surface area (Å²) in [6, 6.07) is 29.3. The van der Waals surface area contributed by atoms with Crippen molar-refractivity contribution >= 4 is 55.2 Å². The Morgan fingerprint density at radius 2 is 1.52 bits per heavy atom. The summed E-state index contributed by atoms with van der Waals surface area (Å²) in [6.07, 6.45) is 2.15. The fourth-order valence-electron chi connectivity index (χ4n) is 4.96. The number of rotatable bonds is 15. The quantitative estimate of drug-likeness (QED) is 0.140. The van der Waals surface area contributed by atoms with Gasteiger partial charge in [0.1, 0.15) is 18.3 Å². The lowest BCUT2D eigenvalue weighted by atomic mass is 10.0. The van der Waals surface area contributed by atoms with E-state index < -0.39 is 28.5 Å². The second-order valence-electron chi connectivity index (χ2n) is 10.3. The van der Waals surface area contributed by atoms with E-state index in [-0.39, 0.29) is 29.5 Å². The van der Waals surface area contributed by atoms with E-state index in [2.05, 4.69) is 21.2 Å². The number of ether oxygens (including phenoxy) is 1. The SMILES string of the molecule is CCNC(=O)[C@@H](Cc1ccccc1)N(Cc1ccc(Br)cc1)C(=O)CN(c1ccccc1OCC)S(=O)(=O)c1ccc(SC)cc1. The van der Waals surface area contributed by atoms with Crippen molar-refractivity contribution < 1.29 is 22.7 Å². The molecule has 4 aromatic carbocycles. The highest BCUT2D eigenvalue weighted by Gasteiger charge is 2.35. The van der Waals surface area contributed by atoms with Crippen LogP contribution in [0.1, 0.15) is 25.0 Å². The van der Waals surface area contributed by atoms with Gasteiger partial charge in [0.25, 0.3) is 10.0 Å². The highest BCUT2D eigenvalue weighted by atomic mass is 79.9. The normalized spacial score (nSPS) is 11.8. The van der Waals surface area contributed by atoms with E-state index in [1.165, 1.54) is 28.8 Å².